The molecule has 0 saturated carbocycles. The van der Waals surface area contributed by atoms with Crippen LogP contribution in [0.25, 0.3) is 5.70 Å². The highest BCUT2D eigenvalue weighted by molar-refractivity contribution is 6.30. The molecule has 0 radical (unpaired) electrons. The van der Waals surface area contributed by atoms with Crippen LogP contribution in [0.3, 0.4) is 0 Å². The number of hydrogen-bond acceptors (Lipinski definition) is 5. The van der Waals surface area contributed by atoms with Crippen molar-refractivity contribution in [1.82, 2.24) is 10.4 Å². The van der Waals surface area contributed by atoms with E-state index in [0.29, 0.717) is 22.1 Å². The van der Waals surface area contributed by atoms with Crippen LogP contribution in [0.1, 0.15) is 22.9 Å². The van der Waals surface area contributed by atoms with E-state index >= 15 is 0 Å². The molecule has 1 atom stereocenters. The maximum absolute atomic E-state index is 12.9. The normalized spacial score (nSPS) is 15.4. The number of benzene rings is 2. The predicted molar refractivity (Wildman–Crippen MR) is 108 cm³/mol. The fourth-order valence-electron chi connectivity index (χ4n) is 2.99. The smallest absolute Gasteiger partial charge is 0.279 e. The molecule has 144 valence electrons. The van der Waals surface area contributed by atoms with Gasteiger partial charge in [-0.15, -0.1) is 0 Å². The lowest BCUT2D eigenvalue weighted by molar-refractivity contribution is -0.137. The van der Waals surface area contributed by atoms with Crippen molar-refractivity contribution >= 4 is 23.2 Å². The number of halogens is 1. The molecule has 1 aliphatic heterocycles. The van der Waals surface area contributed by atoms with E-state index < -0.39 is 6.04 Å². The van der Waals surface area contributed by atoms with Gasteiger partial charge in [0.05, 0.1) is 23.6 Å². The molecule has 1 aliphatic rings. The lowest BCUT2D eigenvalue weighted by Gasteiger charge is -2.24. The molecule has 29 heavy (non-hydrogen) atoms. The molecule has 0 saturated heterocycles. The topological polar surface area (TPSA) is 78.5 Å². The van der Waals surface area contributed by atoms with E-state index in [1.54, 1.807) is 48.7 Å². The first-order chi connectivity index (χ1) is 14.1. The molecule has 2 heterocycles. The Labute approximate surface area is 172 Å². The molecule has 3 aromatic rings. The van der Waals surface area contributed by atoms with E-state index in [-0.39, 0.29) is 12.5 Å². The van der Waals surface area contributed by atoms with Crippen molar-refractivity contribution < 1.29 is 13.9 Å². The monoisotopic (exact) mass is 405 g/mol. The summed E-state index contributed by atoms with van der Waals surface area (Å²) in [6.07, 6.45) is 3.49. The lowest BCUT2D eigenvalue weighted by atomic mass is 10.1. The second-order valence-electron chi connectivity index (χ2n) is 6.35. The van der Waals surface area contributed by atoms with E-state index in [1.165, 1.54) is 5.01 Å². The second kappa shape index (κ2) is 8.13. The Morgan fingerprint density at radius 3 is 2.59 bits per heavy atom. The summed E-state index contributed by atoms with van der Waals surface area (Å²) in [4.78, 5) is 12.9. The van der Waals surface area contributed by atoms with Crippen molar-refractivity contribution in [3.63, 3.8) is 0 Å². The number of hydrogen-bond donors (Lipinski definition) is 1. The van der Waals surface area contributed by atoms with Gasteiger partial charge in [0.25, 0.3) is 5.91 Å². The largest absolute Gasteiger partial charge is 0.484 e. The highest BCUT2D eigenvalue weighted by atomic mass is 35.5. The maximum Gasteiger partial charge on any atom is 0.279 e. The van der Waals surface area contributed by atoms with Crippen LogP contribution in [0, 0.1) is 11.3 Å². The quantitative estimate of drug-likeness (QED) is 0.684. The van der Waals surface area contributed by atoms with E-state index in [4.69, 9.17) is 26.0 Å². The van der Waals surface area contributed by atoms with Gasteiger partial charge in [-0.1, -0.05) is 23.7 Å². The van der Waals surface area contributed by atoms with Gasteiger partial charge in [0.1, 0.15) is 17.6 Å². The van der Waals surface area contributed by atoms with E-state index in [0.717, 1.165) is 11.3 Å². The average molecular weight is 406 g/mol. The Bertz CT molecular complexity index is 1070. The Kier molecular flexibility index (Phi) is 5.23. The molecule has 0 aliphatic carbocycles. The number of furan rings is 1. The van der Waals surface area contributed by atoms with Gasteiger partial charge in [0.2, 0.25) is 0 Å². The van der Waals surface area contributed by atoms with Gasteiger partial charge in [-0.2, -0.15) is 5.26 Å². The molecule has 1 N–H and O–H groups in total. The fraction of sp³-hybridized carbons (Fsp3) is 0.0909. The van der Waals surface area contributed by atoms with Crippen molar-refractivity contribution in [2.24, 2.45) is 0 Å². The molecule has 0 spiro atoms. The number of carbonyl (C=O) groups is 1. The van der Waals surface area contributed by atoms with E-state index in [1.807, 2.05) is 30.3 Å². The Morgan fingerprint density at radius 1 is 1.17 bits per heavy atom. The van der Waals surface area contributed by atoms with Crippen LogP contribution in [0.4, 0.5) is 0 Å². The minimum atomic E-state index is -0.409. The highest BCUT2D eigenvalue weighted by Gasteiger charge is 2.32. The number of nitrogens with zero attached hydrogens (tertiary/aromatic N) is 2. The van der Waals surface area contributed by atoms with Crippen molar-refractivity contribution in [3.8, 4) is 11.8 Å². The first kappa shape index (κ1) is 18.7. The first-order valence-corrected chi connectivity index (χ1v) is 9.25. The number of hydrazine groups is 1. The summed E-state index contributed by atoms with van der Waals surface area (Å²) in [6, 6.07) is 19.2. The fourth-order valence-corrected chi connectivity index (χ4v) is 3.11. The number of ether oxygens (including phenoxy) is 1. The second-order valence-corrected chi connectivity index (χ2v) is 6.78. The van der Waals surface area contributed by atoms with Crippen LogP contribution in [0.5, 0.6) is 5.75 Å². The zero-order valence-corrected chi connectivity index (χ0v) is 16.0. The maximum atomic E-state index is 12.9. The van der Waals surface area contributed by atoms with Gasteiger partial charge >= 0.3 is 0 Å². The van der Waals surface area contributed by atoms with Crippen LogP contribution in [-0.2, 0) is 4.79 Å². The summed E-state index contributed by atoms with van der Waals surface area (Å²) in [7, 11) is 0. The summed E-state index contributed by atoms with van der Waals surface area (Å²) in [5, 5.41) is 11.0. The molecule has 6 nitrogen and oxygen atoms in total. The van der Waals surface area contributed by atoms with Crippen LogP contribution >= 0.6 is 11.6 Å². The first-order valence-electron chi connectivity index (χ1n) is 8.87. The molecule has 1 amide bonds. The Morgan fingerprint density at radius 2 is 1.93 bits per heavy atom. The molecule has 7 heteroatoms. The van der Waals surface area contributed by atoms with Crippen molar-refractivity contribution in [2.45, 2.75) is 6.04 Å². The third-order valence-corrected chi connectivity index (χ3v) is 4.70. The standard InChI is InChI=1S/C22H16ClN3O3/c23-17-7-5-16(6-8-17)19-12-20(21-2-1-11-28-21)26(25-19)22(27)14-29-18-9-3-15(13-24)4-10-18/h1-12,20,25H,14H2/t20-/m0/s1. The van der Waals surface area contributed by atoms with Crippen LogP contribution in [-0.4, -0.2) is 17.5 Å². The molecule has 0 fully saturated rings. The zero-order chi connectivity index (χ0) is 20.2. The summed E-state index contributed by atoms with van der Waals surface area (Å²) in [5.41, 5.74) is 5.34. The third-order valence-electron chi connectivity index (χ3n) is 4.45. The molecule has 0 unspecified atom stereocenters. The number of rotatable bonds is 5. The van der Waals surface area contributed by atoms with Crippen LogP contribution < -0.4 is 10.2 Å². The van der Waals surface area contributed by atoms with Gasteiger partial charge in [-0.05, 0) is 60.2 Å². The van der Waals surface area contributed by atoms with E-state index in [9.17, 15) is 4.79 Å². The number of carbonyl (C=O) groups excluding carboxylic acids is 1. The number of nitrogens with one attached hydrogen (secondary N) is 1. The molecule has 1 aromatic heterocycles. The summed E-state index contributed by atoms with van der Waals surface area (Å²) in [6.45, 7) is -0.169. The van der Waals surface area contributed by atoms with Crippen molar-refractivity contribution in [1.29, 1.82) is 5.26 Å². The van der Waals surface area contributed by atoms with Crippen molar-refractivity contribution in [3.05, 3.63) is 94.9 Å². The number of nitriles is 1. The zero-order valence-electron chi connectivity index (χ0n) is 15.2. The molecule has 0 bridgehead atoms. The number of amides is 1. The Balaban J connectivity index is 1.51. The van der Waals surface area contributed by atoms with Gasteiger partial charge in [-0.3, -0.25) is 10.2 Å². The summed E-state index contributed by atoms with van der Waals surface area (Å²) < 4.78 is 11.1. The Hall–Kier alpha value is -3.69. The molecular formula is C22H16ClN3O3. The molecule has 2 aromatic carbocycles. The highest BCUT2D eigenvalue weighted by Crippen LogP contribution is 2.32. The minimum absolute atomic E-state index is 0.169. The molecular weight excluding hydrogens is 390 g/mol. The average Bonchev–Trinajstić information content (AvgIpc) is 3.43. The van der Waals surface area contributed by atoms with Gasteiger partial charge in [-0.25, -0.2) is 5.01 Å². The summed E-state index contributed by atoms with van der Waals surface area (Å²) in [5.74, 6) is 0.876. The molecule has 4 rings (SSSR count). The third kappa shape index (κ3) is 4.10. The SMILES string of the molecule is N#Cc1ccc(OCC(=O)N2NC(c3ccc(Cl)cc3)=C[C@H]2c2ccco2)cc1. The van der Waals surface area contributed by atoms with Gasteiger partial charge in [0.15, 0.2) is 6.61 Å². The van der Waals surface area contributed by atoms with Crippen molar-refractivity contribution in [2.75, 3.05) is 6.61 Å². The van der Waals surface area contributed by atoms with Gasteiger partial charge in [0, 0.05) is 5.02 Å². The van der Waals surface area contributed by atoms with Gasteiger partial charge < -0.3 is 9.15 Å². The van der Waals surface area contributed by atoms with Crippen LogP contribution in [0.2, 0.25) is 5.02 Å². The van der Waals surface area contributed by atoms with E-state index in [2.05, 4.69) is 5.43 Å². The minimum Gasteiger partial charge on any atom is -0.484 e. The van der Waals surface area contributed by atoms with Crippen LogP contribution in [0.15, 0.2) is 77.4 Å². The predicted octanol–water partition coefficient (Wildman–Crippen LogP) is 4.31. The summed E-state index contributed by atoms with van der Waals surface area (Å²) >= 11 is 5.97. The lowest BCUT2D eigenvalue weighted by Crippen LogP contribution is -2.42.